The first kappa shape index (κ1) is 8.10. The van der Waals surface area contributed by atoms with E-state index in [0.29, 0.717) is 11.3 Å². The first-order chi connectivity index (χ1) is 6.24. The highest BCUT2D eigenvalue weighted by atomic mass is 16.5. The summed E-state index contributed by atoms with van der Waals surface area (Å²) in [6.07, 6.45) is 0. The van der Waals surface area contributed by atoms with E-state index in [1.165, 1.54) is 0 Å². The van der Waals surface area contributed by atoms with Crippen LogP contribution in [0.4, 0.5) is 0 Å². The van der Waals surface area contributed by atoms with Gasteiger partial charge in [-0.1, -0.05) is 12.1 Å². The van der Waals surface area contributed by atoms with Crippen LogP contribution in [0.2, 0.25) is 0 Å². The fourth-order valence-corrected chi connectivity index (χ4v) is 1.67. The van der Waals surface area contributed by atoms with E-state index in [1.807, 2.05) is 19.1 Å². The van der Waals surface area contributed by atoms with Crippen LogP contribution in [-0.2, 0) is 0 Å². The molecular formula is C10H11NO2. The van der Waals surface area contributed by atoms with Crippen molar-refractivity contribution in [3.8, 4) is 5.75 Å². The van der Waals surface area contributed by atoms with Crippen molar-refractivity contribution >= 4 is 5.91 Å². The lowest BCUT2D eigenvalue weighted by Crippen LogP contribution is -2.16. The molecule has 1 atom stereocenters. The molecule has 3 heteroatoms. The molecule has 68 valence electrons. The highest BCUT2D eigenvalue weighted by Gasteiger charge is 2.28. The number of amides is 1. The Morgan fingerprint density at radius 2 is 2.23 bits per heavy atom. The number of ether oxygens (including phenoxy) is 1. The van der Waals surface area contributed by atoms with Gasteiger partial charge < -0.3 is 10.1 Å². The van der Waals surface area contributed by atoms with Gasteiger partial charge in [-0.15, -0.1) is 0 Å². The Balaban J connectivity index is 2.62. The molecule has 0 spiro atoms. The number of fused-ring (bicyclic) bond motifs is 1. The Labute approximate surface area is 76.7 Å². The zero-order valence-corrected chi connectivity index (χ0v) is 7.63. The van der Waals surface area contributed by atoms with Crippen LogP contribution in [0.15, 0.2) is 18.2 Å². The monoisotopic (exact) mass is 177 g/mol. The summed E-state index contributed by atoms with van der Waals surface area (Å²) in [6.45, 7) is 1.96. The van der Waals surface area contributed by atoms with Crippen molar-refractivity contribution in [2.75, 3.05) is 7.11 Å². The number of hydrogen-bond donors (Lipinski definition) is 1. The number of benzene rings is 1. The molecule has 1 aliphatic heterocycles. The minimum absolute atomic E-state index is 0.0417. The van der Waals surface area contributed by atoms with Crippen molar-refractivity contribution < 1.29 is 9.53 Å². The first-order valence-corrected chi connectivity index (χ1v) is 4.22. The van der Waals surface area contributed by atoms with E-state index in [-0.39, 0.29) is 11.9 Å². The van der Waals surface area contributed by atoms with Crippen LogP contribution in [0.5, 0.6) is 5.75 Å². The van der Waals surface area contributed by atoms with Gasteiger partial charge in [-0.3, -0.25) is 4.79 Å². The normalized spacial score (nSPS) is 19.5. The Morgan fingerprint density at radius 3 is 2.92 bits per heavy atom. The number of nitrogens with one attached hydrogen (secondary N) is 1. The van der Waals surface area contributed by atoms with Crippen molar-refractivity contribution in [1.82, 2.24) is 5.32 Å². The van der Waals surface area contributed by atoms with Gasteiger partial charge >= 0.3 is 0 Å². The molecule has 1 unspecified atom stereocenters. The lowest BCUT2D eigenvalue weighted by Gasteiger charge is -2.05. The average Bonchev–Trinajstić information content (AvgIpc) is 2.43. The summed E-state index contributed by atoms with van der Waals surface area (Å²) in [6, 6.07) is 5.74. The van der Waals surface area contributed by atoms with E-state index >= 15 is 0 Å². The fourth-order valence-electron chi connectivity index (χ4n) is 1.67. The second-order valence-electron chi connectivity index (χ2n) is 3.12. The van der Waals surface area contributed by atoms with Crippen molar-refractivity contribution in [3.05, 3.63) is 29.3 Å². The van der Waals surface area contributed by atoms with E-state index in [2.05, 4.69) is 5.32 Å². The van der Waals surface area contributed by atoms with Crippen LogP contribution >= 0.6 is 0 Å². The lowest BCUT2D eigenvalue weighted by atomic mass is 10.1. The van der Waals surface area contributed by atoms with Gasteiger partial charge in [-0.25, -0.2) is 0 Å². The predicted molar refractivity (Wildman–Crippen MR) is 48.9 cm³/mol. The zero-order valence-electron chi connectivity index (χ0n) is 7.63. The van der Waals surface area contributed by atoms with Gasteiger partial charge in [0.15, 0.2) is 0 Å². The lowest BCUT2D eigenvalue weighted by molar-refractivity contribution is 0.0956. The first-order valence-electron chi connectivity index (χ1n) is 4.22. The third-order valence-electron chi connectivity index (χ3n) is 2.32. The number of carbonyl (C=O) groups excluding carboxylic acids is 1. The highest BCUT2D eigenvalue weighted by Crippen LogP contribution is 2.31. The molecule has 0 aromatic heterocycles. The molecule has 1 N–H and O–H groups in total. The van der Waals surface area contributed by atoms with Crippen LogP contribution in [0, 0.1) is 0 Å². The fraction of sp³-hybridized carbons (Fsp3) is 0.300. The summed E-state index contributed by atoms with van der Waals surface area (Å²) in [5, 5.41) is 2.84. The summed E-state index contributed by atoms with van der Waals surface area (Å²) in [5.41, 5.74) is 1.70. The van der Waals surface area contributed by atoms with E-state index < -0.39 is 0 Å². The Morgan fingerprint density at radius 1 is 1.46 bits per heavy atom. The molecule has 1 aromatic rings. The maximum absolute atomic E-state index is 11.5. The molecule has 0 saturated carbocycles. The summed E-state index contributed by atoms with van der Waals surface area (Å²) >= 11 is 0. The molecule has 2 rings (SSSR count). The quantitative estimate of drug-likeness (QED) is 0.706. The van der Waals surface area contributed by atoms with Crippen LogP contribution in [-0.4, -0.2) is 13.0 Å². The molecule has 13 heavy (non-hydrogen) atoms. The highest BCUT2D eigenvalue weighted by molar-refractivity contribution is 6.01. The molecule has 1 amide bonds. The molecule has 0 aliphatic carbocycles. The number of rotatable bonds is 1. The van der Waals surface area contributed by atoms with Crippen molar-refractivity contribution in [1.29, 1.82) is 0 Å². The van der Waals surface area contributed by atoms with Crippen molar-refractivity contribution in [3.63, 3.8) is 0 Å². The second-order valence-corrected chi connectivity index (χ2v) is 3.12. The largest absolute Gasteiger partial charge is 0.496 e. The molecule has 1 aromatic carbocycles. The number of methoxy groups -OCH3 is 1. The number of hydrogen-bond acceptors (Lipinski definition) is 2. The van der Waals surface area contributed by atoms with Gasteiger partial charge in [0.1, 0.15) is 5.75 Å². The van der Waals surface area contributed by atoms with E-state index in [9.17, 15) is 4.79 Å². The van der Waals surface area contributed by atoms with Gasteiger partial charge in [0.2, 0.25) is 0 Å². The van der Waals surface area contributed by atoms with Gasteiger partial charge in [-0.2, -0.15) is 0 Å². The third kappa shape index (κ3) is 1.08. The van der Waals surface area contributed by atoms with Crippen LogP contribution in [0.25, 0.3) is 0 Å². The molecule has 0 fully saturated rings. The maximum atomic E-state index is 11.5. The Bertz CT molecular complexity index is 360. The van der Waals surface area contributed by atoms with Crippen LogP contribution < -0.4 is 10.1 Å². The average molecular weight is 177 g/mol. The maximum Gasteiger partial charge on any atom is 0.255 e. The summed E-state index contributed by atoms with van der Waals surface area (Å²) < 4.78 is 5.11. The predicted octanol–water partition coefficient (Wildman–Crippen LogP) is 1.50. The van der Waals surface area contributed by atoms with Gasteiger partial charge in [0.05, 0.1) is 18.7 Å². The molecular weight excluding hydrogens is 166 g/mol. The molecule has 0 bridgehead atoms. The smallest absolute Gasteiger partial charge is 0.255 e. The second kappa shape index (κ2) is 2.76. The van der Waals surface area contributed by atoms with Crippen molar-refractivity contribution in [2.45, 2.75) is 13.0 Å². The Hall–Kier alpha value is -1.51. The van der Waals surface area contributed by atoms with E-state index in [0.717, 1.165) is 5.56 Å². The molecule has 1 aliphatic rings. The standard InChI is InChI=1S/C10H11NO2/c1-6-7-4-3-5-8(13-2)9(7)10(12)11-6/h3-6H,1-2H3,(H,11,12). The van der Waals surface area contributed by atoms with Crippen molar-refractivity contribution in [2.24, 2.45) is 0 Å². The minimum Gasteiger partial charge on any atom is -0.496 e. The minimum atomic E-state index is -0.0417. The van der Waals surface area contributed by atoms with Gasteiger partial charge in [0.25, 0.3) is 5.91 Å². The summed E-state index contributed by atoms with van der Waals surface area (Å²) in [4.78, 5) is 11.5. The molecule has 3 nitrogen and oxygen atoms in total. The molecule has 0 saturated heterocycles. The summed E-state index contributed by atoms with van der Waals surface area (Å²) in [7, 11) is 1.58. The SMILES string of the molecule is COc1cccc2c1C(=O)NC2C. The Kier molecular flexibility index (Phi) is 1.72. The topological polar surface area (TPSA) is 38.3 Å². The molecule has 1 heterocycles. The third-order valence-corrected chi connectivity index (χ3v) is 2.32. The van der Waals surface area contributed by atoms with Gasteiger partial charge in [-0.05, 0) is 18.6 Å². The van der Waals surface area contributed by atoms with E-state index in [1.54, 1.807) is 13.2 Å². The number of carbonyl (C=O) groups is 1. The summed E-state index contributed by atoms with van der Waals surface area (Å²) in [5.74, 6) is 0.610. The van der Waals surface area contributed by atoms with Crippen LogP contribution in [0.3, 0.4) is 0 Å². The zero-order chi connectivity index (χ0) is 9.42. The molecule has 0 radical (unpaired) electrons. The van der Waals surface area contributed by atoms with E-state index in [4.69, 9.17) is 4.74 Å². The van der Waals surface area contributed by atoms with Crippen LogP contribution in [0.1, 0.15) is 28.9 Å². The van der Waals surface area contributed by atoms with Gasteiger partial charge in [0, 0.05) is 0 Å².